The Kier molecular flexibility index (Phi) is 3.48. The van der Waals surface area contributed by atoms with Crippen molar-refractivity contribution in [1.82, 2.24) is 0 Å². The first-order valence-corrected chi connectivity index (χ1v) is 7.85. The van der Waals surface area contributed by atoms with Crippen LogP contribution in [0.15, 0.2) is 35.9 Å². The molecule has 0 spiro atoms. The number of hydrogen-bond donors (Lipinski definition) is 5. The molecule has 2 aliphatic rings. The van der Waals surface area contributed by atoms with Crippen molar-refractivity contribution in [2.75, 3.05) is 0 Å². The van der Waals surface area contributed by atoms with Crippen molar-refractivity contribution in [3.05, 3.63) is 63.7 Å². The first-order valence-electron chi connectivity index (χ1n) is 7.85. The molecule has 0 saturated carbocycles. The van der Waals surface area contributed by atoms with E-state index in [0.717, 1.165) is 0 Å². The van der Waals surface area contributed by atoms with Crippen LogP contribution in [0.1, 0.15) is 43.5 Å². The summed E-state index contributed by atoms with van der Waals surface area (Å²) >= 11 is 0. The summed E-state index contributed by atoms with van der Waals surface area (Å²) in [6, 6.07) is 6.62. The number of ketones is 2. The van der Waals surface area contributed by atoms with Gasteiger partial charge in [0.25, 0.3) is 0 Å². The van der Waals surface area contributed by atoms with E-state index < -0.39 is 41.9 Å². The topological polar surface area (TPSA) is 135 Å². The van der Waals surface area contributed by atoms with Crippen molar-refractivity contribution >= 4 is 17.1 Å². The molecule has 0 fully saturated rings. The van der Waals surface area contributed by atoms with Gasteiger partial charge >= 0.3 is 0 Å². The normalized spacial score (nSPS) is 21.3. The number of rotatable bonds is 1. The maximum Gasteiger partial charge on any atom is 0.196 e. The molecule has 0 heterocycles. The second-order valence-corrected chi connectivity index (χ2v) is 6.27. The average molecular weight is 354 g/mol. The van der Waals surface area contributed by atoms with Gasteiger partial charge in [0, 0.05) is 22.3 Å². The zero-order valence-corrected chi connectivity index (χ0v) is 13.3. The van der Waals surface area contributed by atoms with Crippen LogP contribution in [0, 0.1) is 0 Å². The summed E-state index contributed by atoms with van der Waals surface area (Å²) in [6.45, 7) is -0.418. The molecule has 2 atom stereocenters. The Morgan fingerprint density at radius 3 is 2.31 bits per heavy atom. The second-order valence-electron chi connectivity index (χ2n) is 6.27. The van der Waals surface area contributed by atoms with Gasteiger partial charge in [-0.1, -0.05) is 12.1 Å². The summed E-state index contributed by atoms with van der Waals surface area (Å²) in [6.07, 6.45) is -3.29. The molecule has 2 aromatic rings. The number of aromatic hydroxyl groups is 2. The third-order valence-electron chi connectivity index (χ3n) is 4.81. The highest BCUT2D eigenvalue weighted by molar-refractivity contribution is 6.42. The van der Waals surface area contributed by atoms with Crippen LogP contribution in [-0.4, -0.2) is 43.2 Å². The Bertz CT molecular complexity index is 1020. The second kappa shape index (κ2) is 5.50. The molecule has 0 amide bonds. The molecule has 0 bridgehead atoms. The Labute approximate surface area is 147 Å². The zero-order valence-electron chi connectivity index (χ0n) is 13.3. The number of aliphatic hydroxyl groups is 3. The minimum atomic E-state index is -1.71. The Morgan fingerprint density at radius 1 is 0.885 bits per heavy atom. The minimum Gasteiger partial charge on any atom is -0.507 e. The van der Waals surface area contributed by atoms with Gasteiger partial charge in [0.1, 0.15) is 23.7 Å². The molecule has 0 saturated heterocycles. The van der Waals surface area contributed by atoms with E-state index in [2.05, 4.69) is 0 Å². The monoisotopic (exact) mass is 354 g/mol. The van der Waals surface area contributed by atoms with Gasteiger partial charge in [-0.3, -0.25) is 9.59 Å². The number of Topliss-reactive ketones (excluding diaryl/α,β-unsaturated/α-hetero) is 2. The van der Waals surface area contributed by atoms with E-state index in [4.69, 9.17) is 0 Å². The van der Waals surface area contributed by atoms with E-state index in [9.17, 15) is 35.1 Å². The van der Waals surface area contributed by atoms with Crippen molar-refractivity contribution < 1.29 is 35.1 Å². The maximum absolute atomic E-state index is 13.0. The van der Waals surface area contributed by atoms with Gasteiger partial charge in [-0.2, -0.15) is 0 Å². The van der Waals surface area contributed by atoms with Crippen LogP contribution in [-0.2, 0) is 6.61 Å². The Balaban J connectivity index is 2.08. The summed E-state index contributed by atoms with van der Waals surface area (Å²) in [5, 5.41) is 50.5. The molecule has 26 heavy (non-hydrogen) atoms. The van der Waals surface area contributed by atoms with Gasteiger partial charge in [0.2, 0.25) is 0 Å². The van der Waals surface area contributed by atoms with Crippen molar-refractivity contribution in [3.8, 4) is 11.5 Å². The lowest BCUT2D eigenvalue weighted by atomic mass is 9.71. The number of aliphatic hydroxyl groups excluding tert-OH is 3. The van der Waals surface area contributed by atoms with E-state index in [1.165, 1.54) is 30.3 Å². The zero-order chi connectivity index (χ0) is 18.7. The van der Waals surface area contributed by atoms with Crippen molar-refractivity contribution in [2.45, 2.75) is 18.8 Å². The van der Waals surface area contributed by atoms with Gasteiger partial charge in [0.15, 0.2) is 11.6 Å². The van der Waals surface area contributed by atoms with Gasteiger partial charge < -0.3 is 25.5 Å². The summed E-state index contributed by atoms with van der Waals surface area (Å²) in [5.74, 6) is -2.23. The van der Waals surface area contributed by atoms with Gasteiger partial charge in [-0.05, 0) is 29.3 Å². The number of benzene rings is 2. The predicted molar refractivity (Wildman–Crippen MR) is 88.7 cm³/mol. The SMILES string of the molecule is O=C1C2=C(C(=O)c3c(O)cccc31)[C@H](O)[C@@H](O)c1cc(CO)cc(O)c12. The highest BCUT2D eigenvalue weighted by Crippen LogP contribution is 2.48. The molecule has 0 radical (unpaired) electrons. The third-order valence-corrected chi connectivity index (χ3v) is 4.81. The number of carbonyl (C=O) groups is 2. The van der Waals surface area contributed by atoms with Crippen LogP contribution in [0.2, 0.25) is 0 Å². The van der Waals surface area contributed by atoms with Crippen LogP contribution in [0.3, 0.4) is 0 Å². The van der Waals surface area contributed by atoms with Gasteiger partial charge in [0.05, 0.1) is 12.2 Å². The largest absolute Gasteiger partial charge is 0.507 e. The number of carbonyl (C=O) groups excluding carboxylic acids is 2. The Morgan fingerprint density at radius 2 is 1.62 bits per heavy atom. The summed E-state index contributed by atoms with van der Waals surface area (Å²) in [4.78, 5) is 25.9. The number of allylic oxidation sites excluding steroid dienone is 1. The van der Waals surface area contributed by atoms with Crippen LogP contribution in [0.5, 0.6) is 11.5 Å². The molecule has 5 N–H and O–H groups in total. The molecular formula is C19H14O7. The van der Waals surface area contributed by atoms with Crippen molar-refractivity contribution in [2.24, 2.45) is 0 Å². The van der Waals surface area contributed by atoms with Crippen molar-refractivity contribution in [1.29, 1.82) is 0 Å². The minimum absolute atomic E-state index is 0.0463. The highest BCUT2D eigenvalue weighted by Gasteiger charge is 2.45. The van der Waals surface area contributed by atoms with E-state index in [0.29, 0.717) is 0 Å². The van der Waals surface area contributed by atoms with E-state index in [1.807, 2.05) is 0 Å². The molecule has 7 nitrogen and oxygen atoms in total. The van der Waals surface area contributed by atoms with E-state index in [-0.39, 0.29) is 39.0 Å². The molecule has 132 valence electrons. The maximum atomic E-state index is 13.0. The fraction of sp³-hybridized carbons (Fsp3) is 0.158. The average Bonchev–Trinajstić information content (AvgIpc) is 2.62. The molecule has 7 heteroatoms. The molecule has 0 aromatic heterocycles. The number of fused-ring (bicyclic) bond motifs is 3. The number of hydrogen-bond acceptors (Lipinski definition) is 7. The first-order chi connectivity index (χ1) is 12.4. The summed E-state index contributed by atoms with van der Waals surface area (Å²) in [7, 11) is 0. The standard InChI is InChI=1S/C19H14O7/c20-6-7-4-9-12(11(22)5-7)14-15(19(26)17(9)24)18(25)13-8(16(14)23)2-1-3-10(13)21/h1-5,17,19-22,24,26H,6H2/t17-,19-/m0/s1. The van der Waals surface area contributed by atoms with Crippen LogP contribution >= 0.6 is 0 Å². The molecule has 0 unspecified atom stereocenters. The molecular weight excluding hydrogens is 340 g/mol. The van der Waals surface area contributed by atoms with Crippen molar-refractivity contribution in [3.63, 3.8) is 0 Å². The smallest absolute Gasteiger partial charge is 0.196 e. The van der Waals surface area contributed by atoms with Crippen LogP contribution in [0.4, 0.5) is 0 Å². The fourth-order valence-corrected chi connectivity index (χ4v) is 3.64. The molecule has 0 aliphatic heterocycles. The fourth-order valence-electron chi connectivity index (χ4n) is 3.64. The highest BCUT2D eigenvalue weighted by atomic mass is 16.3. The quantitative estimate of drug-likeness (QED) is 0.512. The summed E-state index contributed by atoms with van der Waals surface area (Å²) in [5.41, 5.74) is -0.582. The van der Waals surface area contributed by atoms with Crippen LogP contribution < -0.4 is 0 Å². The van der Waals surface area contributed by atoms with Gasteiger partial charge in [-0.15, -0.1) is 0 Å². The number of phenolic OH excluding ortho intramolecular Hbond substituents is 2. The molecule has 4 rings (SSSR count). The Hall–Kier alpha value is -3.00. The summed E-state index contributed by atoms with van der Waals surface area (Å²) < 4.78 is 0. The first kappa shape index (κ1) is 16.5. The molecule has 2 aliphatic carbocycles. The van der Waals surface area contributed by atoms with E-state index >= 15 is 0 Å². The van der Waals surface area contributed by atoms with E-state index in [1.54, 1.807) is 0 Å². The lowest BCUT2D eigenvalue weighted by Gasteiger charge is -2.33. The van der Waals surface area contributed by atoms with Crippen LogP contribution in [0.25, 0.3) is 5.57 Å². The lowest BCUT2D eigenvalue weighted by molar-refractivity contribution is 0.0362. The lowest BCUT2D eigenvalue weighted by Crippen LogP contribution is -2.36. The predicted octanol–water partition coefficient (Wildman–Crippen LogP) is 0.831. The number of phenols is 2. The van der Waals surface area contributed by atoms with Gasteiger partial charge in [-0.25, -0.2) is 0 Å². The third kappa shape index (κ3) is 1.99. The molecule has 2 aromatic carbocycles.